The first kappa shape index (κ1) is 22.4. The number of benzene rings is 2. The number of amides is 3. The maximum absolute atomic E-state index is 13.2. The summed E-state index contributed by atoms with van der Waals surface area (Å²) in [4.78, 5) is 38.7. The van der Waals surface area contributed by atoms with Gasteiger partial charge in [0.2, 0.25) is 17.7 Å². The number of nitrogens with one attached hydrogen (secondary N) is 2. The normalized spacial score (nSPS) is 17.2. The Balaban J connectivity index is 1.45. The Morgan fingerprint density at radius 3 is 2.42 bits per heavy atom. The molecule has 31 heavy (non-hydrogen) atoms. The molecular weight excluding hydrogens is 404 g/mol. The molecule has 1 fully saturated rings. The second-order valence-corrected chi connectivity index (χ2v) is 7.74. The maximum atomic E-state index is 13.2. The Labute approximate surface area is 179 Å². The van der Waals surface area contributed by atoms with Gasteiger partial charge in [-0.3, -0.25) is 14.4 Å². The monoisotopic (exact) mass is 429 g/mol. The molecule has 6 nitrogen and oxygen atoms in total. The van der Waals surface area contributed by atoms with Crippen LogP contribution in [0.4, 0.5) is 8.78 Å². The number of hydrogen-bond acceptors (Lipinski definition) is 3. The SMILES string of the molecule is C[C@H](NC(=O)Cc1cc(F)cc(F)c1)C(=O)NC1CCN(Cc2ccccc2)C(=O)C1. The number of piperidine rings is 1. The lowest BCUT2D eigenvalue weighted by Gasteiger charge is -2.32. The van der Waals surface area contributed by atoms with Crippen LogP contribution in [-0.4, -0.2) is 41.2 Å². The molecule has 0 saturated carbocycles. The molecule has 0 radical (unpaired) electrons. The molecule has 1 unspecified atom stereocenters. The van der Waals surface area contributed by atoms with E-state index in [-0.39, 0.29) is 30.4 Å². The van der Waals surface area contributed by atoms with Gasteiger partial charge in [0.25, 0.3) is 0 Å². The van der Waals surface area contributed by atoms with Crippen molar-refractivity contribution < 1.29 is 23.2 Å². The summed E-state index contributed by atoms with van der Waals surface area (Å²) in [6, 6.07) is 11.4. The van der Waals surface area contributed by atoms with Gasteiger partial charge in [-0.1, -0.05) is 30.3 Å². The van der Waals surface area contributed by atoms with Crippen LogP contribution in [0.15, 0.2) is 48.5 Å². The third-order valence-corrected chi connectivity index (χ3v) is 5.14. The molecule has 2 aromatic rings. The topological polar surface area (TPSA) is 78.5 Å². The highest BCUT2D eigenvalue weighted by Crippen LogP contribution is 2.15. The molecule has 3 amide bonds. The molecule has 0 aromatic heterocycles. The molecule has 2 atom stereocenters. The zero-order valence-corrected chi connectivity index (χ0v) is 17.2. The Morgan fingerprint density at radius 1 is 1.10 bits per heavy atom. The summed E-state index contributed by atoms with van der Waals surface area (Å²) in [6.07, 6.45) is 0.567. The Kier molecular flexibility index (Phi) is 7.33. The third-order valence-electron chi connectivity index (χ3n) is 5.14. The summed E-state index contributed by atoms with van der Waals surface area (Å²) in [7, 11) is 0. The summed E-state index contributed by atoms with van der Waals surface area (Å²) in [5, 5.41) is 5.32. The predicted molar refractivity (Wildman–Crippen MR) is 111 cm³/mol. The van der Waals surface area contributed by atoms with Crippen molar-refractivity contribution in [2.75, 3.05) is 6.54 Å². The average Bonchev–Trinajstić information content (AvgIpc) is 2.70. The lowest BCUT2D eigenvalue weighted by Crippen LogP contribution is -2.52. The molecule has 0 aliphatic carbocycles. The van der Waals surface area contributed by atoms with Crippen LogP contribution in [0, 0.1) is 11.6 Å². The van der Waals surface area contributed by atoms with Crippen molar-refractivity contribution in [3.8, 4) is 0 Å². The number of nitrogens with zero attached hydrogens (tertiary/aromatic N) is 1. The number of carbonyl (C=O) groups is 3. The molecule has 0 spiro atoms. The van der Waals surface area contributed by atoms with Crippen LogP contribution in [-0.2, 0) is 27.3 Å². The highest BCUT2D eigenvalue weighted by Gasteiger charge is 2.28. The Morgan fingerprint density at radius 2 is 1.77 bits per heavy atom. The number of hydrogen-bond donors (Lipinski definition) is 2. The van der Waals surface area contributed by atoms with Gasteiger partial charge in [0, 0.05) is 31.6 Å². The smallest absolute Gasteiger partial charge is 0.242 e. The fraction of sp³-hybridized carbons (Fsp3) is 0.348. The summed E-state index contributed by atoms with van der Waals surface area (Å²) in [5.41, 5.74) is 1.23. The van der Waals surface area contributed by atoms with Crippen LogP contribution in [0.25, 0.3) is 0 Å². The molecule has 1 aliphatic rings. The van der Waals surface area contributed by atoms with Crippen LogP contribution < -0.4 is 10.6 Å². The average molecular weight is 429 g/mol. The Hall–Kier alpha value is -3.29. The molecule has 1 aliphatic heterocycles. The van der Waals surface area contributed by atoms with Crippen LogP contribution in [0.3, 0.4) is 0 Å². The fourth-order valence-corrected chi connectivity index (χ4v) is 3.56. The van der Waals surface area contributed by atoms with E-state index in [9.17, 15) is 23.2 Å². The third kappa shape index (κ3) is 6.60. The summed E-state index contributed by atoms with van der Waals surface area (Å²) in [5.74, 6) is -2.51. The number of carbonyl (C=O) groups excluding carboxylic acids is 3. The highest BCUT2D eigenvalue weighted by atomic mass is 19.1. The summed E-state index contributed by atoms with van der Waals surface area (Å²) >= 11 is 0. The molecule has 8 heteroatoms. The van der Waals surface area contributed by atoms with Crippen molar-refractivity contribution in [3.05, 3.63) is 71.3 Å². The second kappa shape index (κ2) is 10.1. The van der Waals surface area contributed by atoms with E-state index in [1.807, 2.05) is 30.3 Å². The highest BCUT2D eigenvalue weighted by molar-refractivity contribution is 5.88. The van der Waals surface area contributed by atoms with Gasteiger partial charge in [-0.25, -0.2) is 8.78 Å². The van der Waals surface area contributed by atoms with E-state index in [2.05, 4.69) is 10.6 Å². The molecule has 164 valence electrons. The van der Waals surface area contributed by atoms with Gasteiger partial charge in [-0.15, -0.1) is 0 Å². The molecule has 2 aromatic carbocycles. The fourth-order valence-electron chi connectivity index (χ4n) is 3.56. The van der Waals surface area contributed by atoms with E-state index in [0.717, 1.165) is 23.8 Å². The van der Waals surface area contributed by atoms with E-state index in [1.165, 1.54) is 6.92 Å². The minimum Gasteiger partial charge on any atom is -0.351 e. The predicted octanol–water partition coefficient (Wildman–Crippen LogP) is 2.32. The van der Waals surface area contributed by atoms with E-state index >= 15 is 0 Å². The van der Waals surface area contributed by atoms with E-state index < -0.39 is 29.5 Å². The van der Waals surface area contributed by atoms with Crippen molar-refractivity contribution in [1.82, 2.24) is 15.5 Å². The second-order valence-electron chi connectivity index (χ2n) is 7.74. The minimum absolute atomic E-state index is 0.0368. The molecular formula is C23H25F2N3O3. The van der Waals surface area contributed by atoms with Crippen LogP contribution in [0.1, 0.15) is 30.9 Å². The van der Waals surface area contributed by atoms with Crippen molar-refractivity contribution in [2.24, 2.45) is 0 Å². The number of rotatable bonds is 7. The van der Waals surface area contributed by atoms with Crippen molar-refractivity contribution in [1.29, 1.82) is 0 Å². The van der Waals surface area contributed by atoms with E-state index in [1.54, 1.807) is 4.90 Å². The van der Waals surface area contributed by atoms with Gasteiger partial charge >= 0.3 is 0 Å². The lowest BCUT2D eigenvalue weighted by molar-refractivity contribution is -0.136. The minimum atomic E-state index is -0.844. The van der Waals surface area contributed by atoms with Crippen LogP contribution >= 0.6 is 0 Å². The zero-order valence-electron chi connectivity index (χ0n) is 17.2. The van der Waals surface area contributed by atoms with E-state index in [4.69, 9.17) is 0 Å². The van der Waals surface area contributed by atoms with E-state index in [0.29, 0.717) is 19.5 Å². The van der Waals surface area contributed by atoms with Gasteiger partial charge < -0.3 is 15.5 Å². The first-order valence-electron chi connectivity index (χ1n) is 10.2. The molecule has 3 rings (SSSR count). The molecule has 1 heterocycles. The molecule has 1 saturated heterocycles. The van der Waals surface area contributed by atoms with Crippen LogP contribution in [0.5, 0.6) is 0 Å². The Bertz CT molecular complexity index is 932. The summed E-state index contributed by atoms with van der Waals surface area (Å²) < 4.78 is 26.5. The number of likely N-dealkylation sites (tertiary alicyclic amines) is 1. The molecule has 0 bridgehead atoms. The largest absolute Gasteiger partial charge is 0.351 e. The quantitative estimate of drug-likeness (QED) is 0.709. The first-order chi connectivity index (χ1) is 14.8. The molecule has 2 N–H and O–H groups in total. The standard InChI is InChI=1S/C23H25F2N3O3/c1-15(26-21(29)11-17-9-18(24)12-19(25)10-17)23(31)27-20-7-8-28(22(30)13-20)14-16-5-3-2-4-6-16/h2-6,9-10,12,15,20H,7-8,11,13-14H2,1H3,(H,26,29)(H,27,31)/t15-,20?/m0/s1. The first-order valence-corrected chi connectivity index (χ1v) is 10.2. The van der Waals surface area contributed by atoms with Gasteiger partial charge in [0.1, 0.15) is 17.7 Å². The van der Waals surface area contributed by atoms with Crippen LogP contribution in [0.2, 0.25) is 0 Å². The van der Waals surface area contributed by atoms with Crippen molar-refractivity contribution >= 4 is 17.7 Å². The van der Waals surface area contributed by atoms with Gasteiger partial charge in [0.05, 0.1) is 6.42 Å². The van der Waals surface area contributed by atoms with Gasteiger partial charge in [-0.2, -0.15) is 0 Å². The summed E-state index contributed by atoms with van der Waals surface area (Å²) in [6.45, 7) is 2.59. The van der Waals surface area contributed by atoms with Crippen molar-refractivity contribution in [2.45, 2.75) is 44.8 Å². The number of halogens is 2. The van der Waals surface area contributed by atoms with Crippen molar-refractivity contribution in [3.63, 3.8) is 0 Å². The van der Waals surface area contributed by atoms with Gasteiger partial charge in [-0.05, 0) is 36.6 Å². The zero-order chi connectivity index (χ0) is 22.4. The maximum Gasteiger partial charge on any atom is 0.242 e. The van der Waals surface area contributed by atoms with Gasteiger partial charge in [0.15, 0.2) is 0 Å². The lowest BCUT2D eigenvalue weighted by atomic mass is 10.0.